The lowest BCUT2D eigenvalue weighted by atomic mass is 10.1. The van der Waals surface area contributed by atoms with Gasteiger partial charge in [-0.05, 0) is 61.6 Å². The van der Waals surface area contributed by atoms with Crippen molar-refractivity contribution in [3.8, 4) is 28.2 Å². The van der Waals surface area contributed by atoms with Crippen molar-refractivity contribution in [1.82, 2.24) is 14.8 Å². The van der Waals surface area contributed by atoms with E-state index < -0.39 is 11.7 Å². The smallest absolute Gasteiger partial charge is 0.351 e. The standard InChI is InChI=1S/C28H26F3N3O/c1-33(2)18-17-32-27(35)22-12-8-11-21(19-22)25-16-15-24(20-9-4-3-5-10-20)34(25)26-14-7-6-13-23(26)28(29,30)31/h3-16,19H,17-18H2,1-2H3,(H,32,35). The van der Waals surface area contributed by atoms with Gasteiger partial charge in [-0.2, -0.15) is 13.2 Å². The van der Waals surface area contributed by atoms with Crippen molar-refractivity contribution in [3.63, 3.8) is 0 Å². The zero-order valence-corrected chi connectivity index (χ0v) is 19.5. The second kappa shape index (κ2) is 10.2. The van der Waals surface area contributed by atoms with Gasteiger partial charge in [0.2, 0.25) is 0 Å². The quantitative estimate of drug-likeness (QED) is 0.348. The Bertz CT molecular complexity index is 1310. The van der Waals surface area contributed by atoms with Crippen LogP contribution in [0, 0.1) is 0 Å². The number of halogens is 3. The second-order valence-corrected chi connectivity index (χ2v) is 8.46. The van der Waals surface area contributed by atoms with Crippen LogP contribution in [0.4, 0.5) is 13.2 Å². The van der Waals surface area contributed by atoms with Crippen LogP contribution in [0.5, 0.6) is 0 Å². The van der Waals surface area contributed by atoms with Crippen molar-refractivity contribution < 1.29 is 18.0 Å². The van der Waals surface area contributed by atoms with Crippen LogP contribution in [0.15, 0.2) is 91.0 Å². The lowest BCUT2D eigenvalue weighted by Gasteiger charge is -2.19. The van der Waals surface area contributed by atoms with Gasteiger partial charge in [-0.15, -0.1) is 0 Å². The minimum absolute atomic E-state index is 0.0275. The molecule has 3 aromatic carbocycles. The molecule has 0 spiro atoms. The number of nitrogens with one attached hydrogen (secondary N) is 1. The molecule has 0 unspecified atom stereocenters. The van der Waals surface area contributed by atoms with E-state index in [4.69, 9.17) is 0 Å². The van der Waals surface area contributed by atoms with E-state index in [0.717, 1.165) is 11.6 Å². The molecule has 0 aliphatic heterocycles. The molecule has 1 heterocycles. The van der Waals surface area contributed by atoms with Gasteiger partial charge < -0.3 is 14.8 Å². The SMILES string of the molecule is CN(C)CCNC(=O)c1cccc(-c2ccc(-c3ccccc3)n2-c2ccccc2C(F)(F)F)c1. The molecule has 0 atom stereocenters. The highest BCUT2D eigenvalue weighted by Crippen LogP contribution is 2.39. The Morgan fingerprint density at radius 2 is 1.46 bits per heavy atom. The molecule has 35 heavy (non-hydrogen) atoms. The fourth-order valence-corrected chi connectivity index (χ4v) is 3.98. The van der Waals surface area contributed by atoms with Gasteiger partial charge in [-0.3, -0.25) is 4.79 Å². The van der Waals surface area contributed by atoms with Gasteiger partial charge in [-0.25, -0.2) is 0 Å². The number of rotatable bonds is 7. The molecule has 4 aromatic rings. The maximum atomic E-state index is 14.0. The van der Waals surface area contributed by atoms with E-state index in [1.807, 2.05) is 55.4 Å². The van der Waals surface area contributed by atoms with Crippen LogP contribution in [-0.4, -0.2) is 42.6 Å². The van der Waals surface area contributed by atoms with Gasteiger partial charge in [0, 0.05) is 18.7 Å². The zero-order valence-electron chi connectivity index (χ0n) is 19.5. The molecule has 180 valence electrons. The van der Waals surface area contributed by atoms with Gasteiger partial charge in [0.05, 0.1) is 22.6 Å². The number of benzene rings is 3. The number of hydrogen-bond acceptors (Lipinski definition) is 2. The fourth-order valence-electron chi connectivity index (χ4n) is 3.98. The van der Waals surface area contributed by atoms with Gasteiger partial charge in [-0.1, -0.05) is 54.6 Å². The molecule has 1 N–H and O–H groups in total. The number of alkyl halides is 3. The van der Waals surface area contributed by atoms with Crippen molar-refractivity contribution in [2.75, 3.05) is 27.2 Å². The molecule has 4 rings (SSSR count). The first-order valence-electron chi connectivity index (χ1n) is 11.2. The van der Waals surface area contributed by atoms with E-state index in [9.17, 15) is 18.0 Å². The summed E-state index contributed by atoms with van der Waals surface area (Å²) < 4.78 is 43.6. The molecule has 0 aliphatic carbocycles. The topological polar surface area (TPSA) is 37.3 Å². The predicted molar refractivity (Wildman–Crippen MR) is 133 cm³/mol. The van der Waals surface area contributed by atoms with Gasteiger partial charge in [0.15, 0.2) is 0 Å². The lowest BCUT2D eigenvalue weighted by Crippen LogP contribution is -2.31. The summed E-state index contributed by atoms with van der Waals surface area (Å²) in [6.07, 6.45) is -4.53. The summed E-state index contributed by atoms with van der Waals surface area (Å²) in [5, 5.41) is 2.88. The van der Waals surface area contributed by atoms with E-state index in [1.54, 1.807) is 41.0 Å². The second-order valence-electron chi connectivity index (χ2n) is 8.46. The Morgan fingerprint density at radius 3 is 2.14 bits per heavy atom. The summed E-state index contributed by atoms with van der Waals surface area (Å²) in [7, 11) is 3.84. The highest BCUT2D eigenvalue weighted by molar-refractivity contribution is 5.95. The number of para-hydroxylation sites is 1. The molecule has 1 aromatic heterocycles. The average molecular weight is 478 g/mol. The number of amides is 1. The maximum Gasteiger partial charge on any atom is 0.418 e. The number of hydrogen-bond donors (Lipinski definition) is 1. The average Bonchev–Trinajstić information content (AvgIpc) is 3.29. The van der Waals surface area contributed by atoms with E-state index in [2.05, 4.69) is 5.32 Å². The summed E-state index contributed by atoms with van der Waals surface area (Å²) in [6, 6.07) is 25.4. The van der Waals surface area contributed by atoms with Crippen molar-refractivity contribution >= 4 is 5.91 Å². The summed E-state index contributed by atoms with van der Waals surface area (Å²) >= 11 is 0. The van der Waals surface area contributed by atoms with Gasteiger partial charge >= 0.3 is 6.18 Å². The van der Waals surface area contributed by atoms with Crippen LogP contribution in [0.2, 0.25) is 0 Å². The molecule has 4 nitrogen and oxygen atoms in total. The number of nitrogens with zero attached hydrogens (tertiary/aromatic N) is 2. The third-order valence-electron chi connectivity index (χ3n) is 5.67. The highest BCUT2D eigenvalue weighted by atomic mass is 19.4. The minimum Gasteiger partial charge on any atom is -0.351 e. The molecule has 0 fully saturated rings. The first-order chi connectivity index (χ1) is 16.8. The Hall–Kier alpha value is -3.84. The van der Waals surface area contributed by atoms with E-state index in [0.29, 0.717) is 35.6 Å². The van der Waals surface area contributed by atoms with Crippen LogP contribution < -0.4 is 5.32 Å². The van der Waals surface area contributed by atoms with Crippen molar-refractivity contribution in [3.05, 3.63) is 102 Å². The number of aromatic nitrogens is 1. The number of carbonyl (C=O) groups is 1. The first kappa shape index (κ1) is 24.3. The van der Waals surface area contributed by atoms with E-state index in [1.165, 1.54) is 12.1 Å². The first-order valence-corrected chi connectivity index (χ1v) is 11.2. The van der Waals surface area contributed by atoms with E-state index >= 15 is 0 Å². The highest BCUT2D eigenvalue weighted by Gasteiger charge is 2.34. The van der Waals surface area contributed by atoms with Crippen molar-refractivity contribution in [2.24, 2.45) is 0 Å². The monoisotopic (exact) mass is 477 g/mol. The molecule has 0 aliphatic rings. The van der Waals surface area contributed by atoms with E-state index in [-0.39, 0.29) is 11.6 Å². The van der Waals surface area contributed by atoms with Crippen LogP contribution in [0.25, 0.3) is 28.2 Å². The van der Waals surface area contributed by atoms with Gasteiger partial charge in [0.1, 0.15) is 0 Å². The molecule has 1 amide bonds. The Labute approximate surface area is 202 Å². The lowest BCUT2D eigenvalue weighted by molar-refractivity contribution is -0.137. The van der Waals surface area contributed by atoms with Crippen LogP contribution in [-0.2, 0) is 6.18 Å². The normalized spacial score (nSPS) is 11.6. The maximum absolute atomic E-state index is 14.0. The molecular weight excluding hydrogens is 451 g/mol. The largest absolute Gasteiger partial charge is 0.418 e. The molecule has 7 heteroatoms. The fraction of sp³-hybridized carbons (Fsp3) is 0.179. The summed E-state index contributed by atoms with van der Waals surface area (Å²) in [6.45, 7) is 1.19. The number of likely N-dealkylation sites (N-methyl/N-ethyl adjacent to an activating group) is 1. The molecule has 0 bridgehead atoms. The molecule has 0 saturated heterocycles. The third kappa shape index (κ3) is 5.46. The Balaban J connectivity index is 1.84. The van der Waals surface area contributed by atoms with Gasteiger partial charge in [0.25, 0.3) is 5.91 Å². The van der Waals surface area contributed by atoms with Crippen LogP contribution in [0.1, 0.15) is 15.9 Å². The Morgan fingerprint density at radius 1 is 0.829 bits per heavy atom. The predicted octanol–water partition coefficient (Wildman–Crippen LogP) is 6.12. The molecule has 0 radical (unpaired) electrons. The Kier molecular flexibility index (Phi) is 7.07. The van der Waals surface area contributed by atoms with Crippen molar-refractivity contribution in [2.45, 2.75) is 6.18 Å². The van der Waals surface area contributed by atoms with Crippen molar-refractivity contribution in [1.29, 1.82) is 0 Å². The summed E-state index contributed by atoms with van der Waals surface area (Å²) in [5.41, 5.74) is 2.35. The molecule has 0 saturated carbocycles. The third-order valence-corrected chi connectivity index (χ3v) is 5.67. The minimum atomic E-state index is -4.53. The summed E-state index contributed by atoms with van der Waals surface area (Å²) in [4.78, 5) is 14.7. The zero-order chi connectivity index (χ0) is 25.0. The van der Waals surface area contributed by atoms with Crippen LogP contribution in [0.3, 0.4) is 0 Å². The van der Waals surface area contributed by atoms with Crippen LogP contribution >= 0.6 is 0 Å². The molecular formula is C28H26F3N3O. The summed E-state index contributed by atoms with van der Waals surface area (Å²) in [5.74, 6) is -0.231. The number of carbonyl (C=O) groups excluding carboxylic acids is 1.